The SMILES string of the molecule is Fc1ccc2nn(-c3ccccc3)c(C(=C=Cc3ccccc3)c3ccccc3)c2c1. The molecule has 0 radical (unpaired) electrons. The van der Waals surface area contributed by atoms with Crippen molar-refractivity contribution < 1.29 is 4.39 Å². The van der Waals surface area contributed by atoms with Crippen LogP contribution in [0.25, 0.3) is 28.2 Å². The van der Waals surface area contributed by atoms with E-state index < -0.39 is 0 Å². The molecule has 4 aromatic carbocycles. The molecule has 31 heavy (non-hydrogen) atoms. The van der Waals surface area contributed by atoms with E-state index in [0.717, 1.165) is 39.0 Å². The van der Waals surface area contributed by atoms with Crippen molar-refractivity contribution in [3.8, 4) is 5.69 Å². The second-order valence-corrected chi connectivity index (χ2v) is 7.20. The van der Waals surface area contributed by atoms with Crippen LogP contribution in [0, 0.1) is 5.82 Å². The normalized spacial score (nSPS) is 10.6. The van der Waals surface area contributed by atoms with Crippen LogP contribution >= 0.6 is 0 Å². The maximum absolute atomic E-state index is 14.3. The van der Waals surface area contributed by atoms with Gasteiger partial charge in [0.05, 0.1) is 22.5 Å². The van der Waals surface area contributed by atoms with Gasteiger partial charge in [-0.2, -0.15) is 5.10 Å². The molecule has 5 rings (SSSR count). The quantitative estimate of drug-likeness (QED) is 0.299. The summed E-state index contributed by atoms with van der Waals surface area (Å²) in [6.07, 6.45) is 1.95. The Balaban J connectivity index is 1.85. The predicted octanol–water partition coefficient (Wildman–Crippen LogP) is 6.91. The van der Waals surface area contributed by atoms with Crippen molar-refractivity contribution in [3.05, 3.63) is 138 Å². The predicted molar refractivity (Wildman–Crippen MR) is 124 cm³/mol. The molecule has 2 nitrogen and oxygen atoms in total. The molecule has 0 bridgehead atoms. The second-order valence-electron chi connectivity index (χ2n) is 7.20. The lowest BCUT2D eigenvalue weighted by Crippen LogP contribution is -2.02. The van der Waals surface area contributed by atoms with E-state index in [2.05, 4.69) is 5.73 Å². The summed E-state index contributed by atoms with van der Waals surface area (Å²) in [5, 5.41) is 5.55. The molecule has 5 aromatic rings. The van der Waals surface area contributed by atoms with Crippen molar-refractivity contribution in [2.24, 2.45) is 0 Å². The molecule has 0 fully saturated rings. The Hall–Kier alpha value is -4.20. The van der Waals surface area contributed by atoms with Gasteiger partial charge in [0, 0.05) is 5.39 Å². The summed E-state index contributed by atoms with van der Waals surface area (Å²) in [6.45, 7) is 0. The van der Waals surface area contributed by atoms with Crippen LogP contribution < -0.4 is 0 Å². The molecular formula is C28H19FN2. The first-order valence-electron chi connectivity index (χ1n) is 10.1. The number of aromatic nitrogens is 2. The first kappa shape index (κ1) is 18.8. The zero-order chi connectivity index (χ0) is 21.0. The van der Waals surface area contributed by atoms with E-state index in [4.69, 9.17) is 5.10 Å². The topological polar surface area (TPSA) is 17.8 Å². The van der Waals surface area contributed by atoms with Crippen LogP contribution in [0.15, 0.2) is 115 Å². The molecule has 0 saturated carbocycles. The van der Waals surface area contributed by atoms with E-state index >= 15 is 0 Å². The van der Waals surface area contributed by atoms with Crippen molar-refractivity contribution in [3.63, 3.8) is 0 Å². The average Bonchev–Trinajstić information content (AvgIpc) is 3.20. The van der Waals surface area contributed by atoms with Crippen LogP contribution in [0.3, 0.4) is 0 Å². The van der Waals surface area contributed by atoms with Gasteiger partial charge in [0.25, 0.3) is 0 Å². The fraction of sp³-hybridized carbons (Fsp3) is 0. The molecule has 0 N–H and O–H groups in total. The standard InChI is InChI=1S/C28H19FN2/c29-23-17-19-27-26(20-23)28(31(30-27)24-14-8-3-9-15-24)25(22-12-6-2-7-13-22)18-16-21-10-4-1-5-11-21/h1-17,19-20H. The van der Waals surface area contributed by atoms with Gasteiger partial charge in [0.1, 0.15) is 5.82 Å². The van der Waals surface area contributed by atoms with Crippen molar-refractivity contribution in [2.45, 2.75) is 0 Å². The van der Waals surface area contributed by atoms with Gasteiger partial charge in [-0.25, -0.2) is 9.07 Å². The number of fused-ring (bicyclic) bond motifs is 1. The summed E-state index contributed by atoms with van der Waals surface area (Å²) in [6, 6.07) is 34.7. The molecular weight excluding hydrogens is 383 g/mol. The third-order valence-electron chi connectivity index (χ3n) is 5.12. The number of benzene rings is 4. The number of rotatable bonds is 4. The molecule has 0 unspecified atom stereocenters. The van der Waals surface area contributed by atoms with E-state index in [1.807, 2.05) is 102 Å². The highest BCUT2D eigenvalue weighted by Crippen LogP contribution is 2.32. The summed E-state index contributed by atoms with van der Waals surface area (Å²) in [7, 11) is 0. The Kier molecular flexibility index (Phi) is 5.02. The average molecular weight is 402 g/mol. The van der Waals surface area contributed by atoms with Crippen LogP contribution in [0.5, 0.6) is 0 Å². The van der Waals surface area contributed by atoms with Crippen molar-refractivity contribution in [1.82, 2.24) is 9.78 Å². The van der Waals surface area contributed by atoms with E-state index in [1.165, 1.54) is 6.07 Å². The van der Waals surface area contributed by atoms with Gasteiger partial charge in [0.2, 0.25) is 0 Å². The Morgan fingerprint density at radius 3 is 2.13 bits per heavy atom. The maximum Gasteiger partial charge on any atom is 0.124 e. The minimum atomic E-state index is -0.291. The molecule has 0 spiro atoms. The smallest absolute Gasteiger partial charge is 0.124 e. The summed E-state index contributed by atoms with van der Waals surface area (Å²) in [5.41, 5.74) is 8.80. The van der Waals surface area contributed by atoms with Crippen LogP contribution in [0.4, 0.5) is 4.39 Å². The number of hydrogen-bond donors (Lipinski definition) is 0. The summed E-state index contributed by atoms with van der Waals surface area (Å²) in [5.74, 6) is -0.291. The maximum atomic E-state index is 14.3. The molecule has 0 amide bonds. The van der Waals surface area contributed by atoms with Crippen molar-refractivity contribution in [2.75, 3.05) is 0 Å². The van der Waals surface area contributed by atoms with E-state index in [1.54, 1.807) is 12.1 Å². The molecule has 0 aliphatic rings. The van der Waals surface area contributed by atoms with Gasteiger partial charge in [-0.1, -0.05) is 78.9 Å². The van der Waals surface area contributed by atoms with Gasteiger partial charge in [-0.15, -0.1) is 5.73 Å². The Bertz CT molecular complexity index is 1400. The lowest BCUT2D eigenvalue weighted by Gasteiger charge is -2.11. The van der Waals surface area contributed by atoms with Crippen LogP contribution in [0.2, 0.25) is 0 Å². The number of halogens is 1. The molecule has 3 heteroatoms. The number of nitrogens with zero attached hydrogens (tertiary/aromatic N) is 2. The Morgan fingerprint density at radius 1 is 0.774 bits per heavy atom. The fourth-order valence-corrected chi connectivity index (χ4v) is 3.65. The summed E-state index contributed by atoms with van der Waals surface area (Å²) < 4.78 is 16.1. The van der Waals surface area contributed by atoms with Crippen molar-refractivity contribution >= 4 is 22.6 Å². The number of hydrogen-bond acceptors (Lipinski definition) is 1. The van der Waals surface area contributed by atoms with Crippen LogP contribution in [-0.4, -0.2) is 9.78 Å². The van der Waals surface area contributed by atoms with Gasteiger partial charge >= 0.3 is 0 Å². The monoisotopic (exact) mass is 402 g/mol. The van der Waals surface area contributed by atoms with Gasteiger partial charge in [-0.3, -0.25) is 0 Å². The minimum Gasteiger partial charge on any atom is -0.231 e. The molecule has 0 aliphatic heterocycles. The van der Waals surface area contributed by atoms with E-state index in [9.17, 15) is 4.39 Å². The highest BCUT2D eigenvalue weighted by atomic mass is 19.1. The first-order chi connectivity index (χ1) is 15.3. The third kappa shape index (κ3) is 3.83. The zero-order valence-electron chi connectivity index (χ0n) is 16.7. The highest BCUT2D eigenvalue weighted by molar-refractivity contribution is 5.96. The van der Waals surface area contributed by atoms with Gasteiger partial charge in [0.15, 0.2) is 0 Å². The molecule has 1 aromatic heterocycles. The van der Waals surface area contributed by atoms with E-state index in [-0.39, 0.29) is 5.82 Å². The van der Waals surface area contributed by atoms with Crippen LogP contribution in [0.1, 0.15) is 16.8 Å². The lowest BCUT2D eigenvalue weighted by molar-refractivity contribution is 0.629. The second kappa shape index (κ2) is 8.27. The van der Waals surface area contributed by atoms with Gasteiger partial charge < -0.3 is 0 Å². The molecule has 1 heterocycles. The molecule has 148 valence electrons. The molecule has 0 saturated heterocycles. The third-order valence-corrected chi connectivity index (χ3v) is 5.12. The van der Waals surface area contributed by atoms with Crippen LogP contribution in [-0.2, 0) is 0 Å². The highest BCUT2D eigenvalue weighted by Gasteiger charge is 2.18. The Labute approximate surface area is 180 Å². The number of para-hydroxylation sites is 1. The van der Waals surface area contributed by atoms with Crippen molar-refractivity contribution in [1.29, 1.82) is 0 Å². The largest absolute Gasteiger partial charge is 0.231 e. The zero-order valence-corrected chi connectivity index (χ0v) is 16.7. The first-order valence-corrected chi connectivity index (χ1v) is 10.1. The Morgan fingerprint density at radius 2 is 1.42 bits per heavy atom. The van der Waals surface area contributed by atoms with Gasteiger partial charge in [-0.05, 0) is 47.5 Å². The fourth-order valence-electron chi connectivity index (χ4n) is 3.65. The molecule has 0 atom stereocenters. The molecule has 0 aliphatic carbocycles. The summed E-state index contributed by atoms with van der Waals surface area (Å²) >= 11 is 0. The lowest BCUT2D eigenvalue weighted by atomic mass is 10.00. The van der Waals surface area contributed by atoms with E-state index in [0.29, 0.717) is 0 Å². The summed E-state index contributed by atoms with van der Waals surface area (Å²) in [4.78, 5) is 0. The minimum absolute atomic E-state index is 0.291.